The Bertz CT molecular complexity index is 244. The summed E-state index contributed by atoms with van der Waals surface area (Å²) in [5.74, 6) is 0.521. The second-order valence-corrected chi connectivity index (χ2v) is 2.82. The summed E-state index contributed by atoms with van der Waals surface area (Å²) < 4.78 is 4.83. The smallest absolute Gasteiger partial charge is 0.185 e. The number of hydrogen-bond acceptors (Lipinski definition) is 2. The van der Waals surface area contributed by atoms with Crippen LogP contribution in [-0.4, -0.2) is 12.2 Å². The summed E-state index contributed by atoms with van der Waals surface area (Å²) in [7, 11) is 0. The minimum atomic E-state index is -0.351. The number of alkyl halides is 2. The number of carbonyl (C=O) groups is 1. The molecule has 1 heterocycles. The quantitative estimate of drug-likeness (QED) is 0.545. The van der Waals surface area contributed by atoms with Gasteiger partial charge in [0.2, 0.25) is 0 Å². The molecule has 1 rings (SSSR count). The van der Waals surface area contributed by atoms with Crippen molar-refractivity contribution in [2.75, 3.05) is 5.88 Å². The van der Waals surface area contributed by atoms with Crippen molar-refractivity contribution in [2.24, 2.45) is 0 Å². The second-order valence-electron chi connectivity index (χ2n) is 1.98. The maximum Gasteiger partial charge on any atom is 0.185 e. The molecule has 0 aliphatic heterocycles. The van der Waals surface area contributed by atoms with Gasteiger partial charge in [-0.15, -0.1) is 23.2 Å². The van der Waals surface area contributed by atoms with Crippen molar-refractivity contribution in [2.45, 2.75) is 5.38 Å². The lowest BCUT2D eigenvalue weighted by molar-refractivity contribution is 0.109. The van der Waals surface area contributed by atoms with E-state index in [1.54, 1.807) is 6.07 Å². The Labute approximate surface area is 74.1 Å². The molecule has 0 radical (unpaired) electrons. The Morgan fingerprint density at radius 2 is 2.45 bits per heavy atom. The number of halogens is 2. The zero-order valence-corrected chi connectivity index (χ0v) is 7.10. The third kappa shape index (κ3) is 1.76. The van der Waals surface area contributed by atoms with E-state index in [0.717, 1.165) is 0 Å². The van der Waals surface area contributed by atoms with Gasteiger partial charge in [0.05, 0.1) is 11.6 Å². The third-order valence-electron chi connectivity index (χ3n) is 1.31. The topological polar surface area (TPSA) is 30.2 Å². The zero-order valence-electron chi connectivity index (χ0n) is 5.59. The molecule has 1 aromatic heterocycles. The summed E-state index contributed by atoms with van der Waals surface area (Å²) in [4.78, 5) is 10.3. The van der Waals surface area contributed by atoms with Gasteiger partial charge in [-0.25, -0.2) is 0 Å². The van der Waals surface area contributed by atoms with Crippen LogP contribution in [0.25, 0.3) is 0 Å². The molecule has 0 aromatic carbocycles. The predicted octanol–water partition coefficient (Wildman–Crippen LogP) is 2.61. The summed E-state index contributed by atoms with van der Waals surface area (Å²) in [6.45, 7) is 0. The van der Waals surface area contributed by atoms with E-state index in [4.69, 9.17) is 27.6 Å². The molecule has 11 heavy (non-hydrogen) atoms. The van der Waals surface area contributed by atoms with Crippen LogP contribution in [0.15, 0.2) is 16.7 Å². The third-order valence-corrected chi connectivity index (χ3v) is 2.16. The highest BCUT2D eigenvalue weighted by molar-refractivity contribution is 6.28. The lowest BCUT2D eigenvalue weighted by atomic mass is 10.2. The Morgan fingerprint density at radius 3 is 3.00 bits per heavy atom. The molecule has 0 aliphatic rings. The van der Waals surface area contributed by atoms with E-state index in [-0.39, 0.29) is 17.0 Å². The van der Waals surface area contributed by atoms with Gasteiger partial charge < -0.3 is 4.42 Å². The van der Waals surface area contributed by atoms with Gasteiger partial charge in [0.1, 0.15) is 0 Å². The van der Waals surface area contributed by atoms with Crippen LogP contribution in [0.5, 0.6) is 0 Å². The Hall–Kier alpha value is -0.470. The van der Waals surface area contributed by atoms with Crippen LogP contribution in [-0.2, 0) is 0 Å². The summed E-state index contributed by atoms with van der Waals surface area (Å²) >= 11 is 11.2. The van der Waals surface area contributed by atoms with Gasteiger partial charge in [-0.2, -0.15) is 0 Å². The first kappa shape index (κ1) is 8.62. The molecule has 0 amide bonds. The number of hydrogen-bond donors (Lipinski definition) is 0. The summed E-state index contributed by atoms with van der Waals surface area (Å²) in [5.41, 5.74) is 0.650. The molecule has 4 heteroatoms. The van der Waals surface area contributed by atoms with Crippen molar-refractivity contribution in [3.8, 4) is 0 Å². The van der Waals surface area contributed by atoms with Gasteiger partial charge in [0.25, 0.3) is 0 Å². The highest BCUT2D eigenvalue weighted by Gasteiger charge is 2.13. The molecule has 1 unspecified atom stereocenters. The molecule has 0 bridgehead atoms. The predicted molar refractivity (Wildman–Crippen MR) is 43.4 cm³/mol. The van der Waals surface area contributed by atoms with E-state index in [2.05, 4.69) is 0 Å². The molecule has 1 aromatic rings. The van der Waals surface area contributed by atoms with Gasteiger partial charge in [-0.3, -0.25) is 4.79 Å². The standard InChI is InChI=1S/C7H6Cl2O2/c8-3-6(9)5-1-2-11-7(5)4-10/h1-2,4,6H,3H2. The molecule has 0 aliphatic carbocycles. The normalized spacial score (nSPS) is 12.9. The van der Waals surface area contributed by atoms with Gasteiger partial charge in [-0.1, -0.05) is 0 Å². The first-order chi connectivity index (χ1) is 5.29. The van der Waals surface area contributed by atoms with Crippen LogP contribution in [0.4, 0.5) is 0 Å². The SMILES string of the molecule is O=Cc1occc1C(Cl)CCl. The van der Waals surface area contributed by atoms with Crippen LogP contribution < -0.4 is 0 Å². The van der Waals surface area contributed by atoms with Gasteiger partial charge in [0.15, 0.2) is 12.0 Å². The van der Waals surface area contributed by atoms with Crippen LogP contribution in [0.3, 0.4) is 0 Å². The number of furan rings is 1. The first-order valence-electron chi connectivity index (χ1n) is 3.02. The molecule has 0 saturated carbocycles. The zero-order chi connectivity index (χ0) is 8.27. The summed E-state index contributed by atoms with van der Waals surface area (Å²) in [6, 6.07) is 1.64. The molecular weight excluding hydrogens is 187 g/mol. The highest BCUT2D eigenvalue weighted by atomic mass is 35.5. The highest BCUT2D eigenvalue weighted by Crippen LogP contribution is 2.24. The van der Waals surface area contributed by atoms with Crippen LogP contribution in [0.1, 0.15) is 21.5 Å². The number of rotatable bonds is 3. The molecule has 0 N–H and O–H groups in total. The lowest BCUT2D eigenvalue weighted by Gasteiger charge is -2.00. The maximum absolute atomic E-state index is 10.3. The molecular formula is C7H6Cl2O2. The largest absolute Gasteiger partial charge is 0.461 e. The Kier molecular flexibility index (Phi) is 2.97. The number of carbonyl (C=O) groups excluding carboxylic acids is 1. The van der Waals surface area contributed by atoms with Crippen molar-refractivity contribution >= 4 is 29.5 Å². The van der Waals surface area contributed by atoms with Gasteiger partial charge >= 0.3 is 0 Å². The van der Waals surface area contributed by atoms with Crippen molar-refractivity contribution in [1.82, 2.24) is 0 Å². The second kappa shape index (κ2) is 3.79. The van der Waals surface area contributed by atoms with Crippen molar-refractivity contribution in [3.05, 3.63) is 23.7 Å². The van der Waals surface area contributed by atoms with Crippen molar-refractivity contribution < 1.29 is 9.21 Å². The van der Waals surface area contributed by atoms with Crippen molar-refractivity contribution in [1.29, 1.82) is 0 Å². The molecule has 60 valence electrons. The molecule has 2 nitrogen and oxygen atoms in total. The summed E-state index contributed by atoms with van der Waals surface area (Å²) in [6.07, 6.45) is 2.04. The Balaban J connectivity index is 2.92. The van der Waals surface area contributed by atoms with E-state index in [9.17, 15) is 4.79 Å². The van der Waals surface area contributed by atoms with Crippen LogP contribution in [0, 0.1) is 0 Å². The molecule has 0 saturated heterocycles. The van der Waals surface area contributed by atoms with E-state index >= 15 is 0 Å². The molecule has 0 fully saturated rings. The first-order valence-corrected chi connectivity index (χ1v) is 3.99. The van der Waals surface area contributed by atoms with Gasteiger partial charge in [-0.05, 0) is 6.07 Å². The van der Waals surface area contributed by atoms with Crippen LogP contribution >= 0.6 is 23.2 Å². The van der Waals surface area contributed by atoms with E-state index < -0.39 is 0 Å². The minimum absolute atomic E-state index is 0.255. The fraction of sp³-hybridized carbons (Fsp3) is 0.286. The lowest BCUT2D eigenvalue weighted by Crippen LogP contribution is -1.92. The Morgan fingerprint density at radius 1 is 1.73 bits per heavy atom. The average molecular weight is 193 g/mol. The van der Waals surface area contributed by atoms with Crippen LogP contribution in [0.2, 0.25) is 0 Å². The van der Waals surface area contributed by atoms with E-state index in [1.807, 2.05) is 0 Å². The minimum Gasteiger partial charge on any atom is -0.461 e. The average Bonchev–Trinajstić information content (AvgIpc) is 2.50. The summed E-state index contributed by atoms with van der Waals surface area (Å²) in [5, 5.41) is -0.351. The van der Waals surface area contributed by atoms with E-state index in [0.29, 0.717) is 11.8 Å². The fourth-order valence-corrected chi connectivity index (χ4v) is 1.12. The molecule has 0 spiro atoms. The molecule has 1 atom stereocenters. The fourth-order valence-electron chi connectivity index (χ4n) is 0.769. The van der Waals surface area contributed by atoms with E-state index in [1.165, 1.54) is 6.26 Å². The van der Waals surface area contributed by atoms with Gasteiger partial charge in [0, 0.05) is 11.4 Å². The van der Waals surface area contributed by atoms with Crippen molar-refractivity contribution in [3.63, 3.8) is 0 Å². The maximum atomic E-state index is 10.3. The monoisotopic (exact) mass is 192 g/mol. The number of aldehydes is 1.